The predicted octanol–water partition coefficient (Wildman–Crippen LogP) is 2.36. The Bertz CT molecular complexity index is 800. The van der Waals surface area contributed by atoms with Gasteiger partial charge in [-0.3, -0.25) is 0 Å². The molecule has 0 saturated carbocycles. The lowest BCUT2D eigenvalue weighted by molar-refractivity contribution is 0.334. The minimum absolute atomic E-state index is 0.00997. The second-order valence-corrected chi connectivity index (χ2v) is 4.73. The van der Waals surface area contributed by atoms with E-state index < -0.39 is 0 Å². The van der Waals surface area contributed by atoms with Gasteiger partial charge in [-0.25, -0.2) is 4.98 Å². The van der Waals surface area contributed by atoms with Crippen LogP contribution in [0.2, 0.25) is 0 Å². The molecule has 6 nitrogen and oxygen atoms in total. The molecule has 0 fully saturated rings. The highest BCUT2D eigenvalue weighted by Gasteiger charge is 2.30. The Labute approximate surface area is 120 Å². The van der Waals surface area contributed by atoms with Crippen molar-refractivity contribution >= 4 is 0 Å². The number of fused-ring (bicyclic) bond motifs is 1. The summed E-state index contributed by atoms with van der Waals surface area (Å²) in [5, 5.41) is 13.8. The average Bonchev–Trinajstić information content (AvgIpc) is 3.14. The zero-order chi connectivity index (χ0) is 14.2. The Morgan fingerprint density at radius 1 is 1.14 bits per heavy atom. The molecular weight excluding hydrogens is 270 g/mol. The third kappa shape index (κ3) is 1.92. The second kappa shape index (κ2) is 4.59. The quantitative estimate of drug-likeness (QED) is 0.776. The fourth-order valence-electron chi connectivity index (χ4n) is 2.41. The average molecular weight is 281 g/mol. The van der Waals surface area contributed by atoms with E-state index in [1.165, 1.54) is 6.07 Å². The van der Waals surface area contributed by atoms with Crippen molar-refractivity contribution in [2.45, 2.75) is 5.92 Å². The van der Waals surface area contributed by atoms with Gasteiger partial charge in [0.1, 0.15) is 18.1 Å². The van der Waals surface area contributed by atoms with E-state index in [-0.39, 0.29) is 23.3 Å². The van der Waals surface area contributed by atoms with Crippen LogP contribution >= 0.6 is 0 Å². The highest BCUT2D eigenvalue weighted by Crippen LogP contribution is 2.37. The van der Waals surface area contributed by atoms with Crippen LogP contribution in [0.25, 0.3) is 11.6 Å². The van der Waals surface area contributed by atoms with Gasteiger partial charge in [0.15, 0.2) is 11.5 Å². The van der Waals surface area contributed by atoms with E-state index in [9.17, 15) is 5.11 Å². The fourth-order valence-corrected chi connectivity index (χ4v) is 2.41. The summed E-state index contributed by atoms with van der Waals surface area (Å²) in [4.78, 5) is 8.40. The molecule has 1 aliphatic rings. The number of rotatable bonds is 2. The number of aromatic hydroxyl groups is 1. The molecule has 0 amide bonds. The first kappa shape index (κ1) is 11.9. The SMILES string of the molecule is Oc1cccnc1-c1nc(C2COc3ccccc32)no1. The van der Waals surface area contributed by atoms with Crippen molar-refractivity contribution in [3.8, 4) is 23.1 Å². The van der Waals surface area contributed by atoms with Crippen LogP contribution in [0.3, 0.4) is 0 Å². The number of benzene rings is 1. The van der Waals surface area contributed by atoms with E-state index in [1.54, 1.807) is 12.3 Å². The summed E-state index contributed by atoms with van der Waals surface area (Å²) < 4.78 is 10.8. The summed E-state index contributed by atoms with van der Waals surface area (Å²) in [6.45, 7) is 0.479. The maximum absolute atomic E-state index is 9.78. The Balaban J connectivity index is 1.72. The number of para-hydroxylation sites is 1. The number of aromatic nitrogens is 3. The maximum atomic E-state index is 9.78. The molecule has 0 saturated heterocycles. The molecule has 6 heteroatoms. The van der Waals surface area contributed by atoms with E-state index >= 15 is 0 Å². The monoisotopic (exact) mass is 281 g/mol. The van der Waals surface area contributed by atoms with Crippen molar-refractivity contribution in [2.75, 3.05) is 6.61 Å². The van der Waals surface area contributed by atoms with Crippen LogP contribution in [0, 0.1) is 0 Å². The van der Waals surface area contributed by atoms with Crippen LogP contribution in [-0.4, -0.2) is 26.8 Å². The van der Waals surface area contributed by atoms with Crippen molar-refractivity contribution in [2.24, 2.45) is 0 Å². The van der Waals surface area contributed by atoms with E-state index in [0.29, 0.717) is 12.4 Å². The van der Waals surface area contributed by atoms with Gasteiger partial charge < -0.3 is 14.4 Å². The number of hydrogen-bond donors (Lipinski definition) is 1. The lowest BCUT2D eigenvalue weighted by atomic mass is 10.0. The molecule has 0 aliphatic carbocycles. The van der Waals surface area contributed by atoms with E-state index in [2.05, 4.69) is 15.1 Å². The zero-order valence-electron chi connectivity index (χ0n) is 10.9. The Morgan fingerprint density at radius 3 is 2.95 bits per heavy atom. The van der Waals surface area contributed by atoms with Gasteiger partial charge in [0.25, 0.3) is 5.89 Å². The highest BCUT2D eigenvalue weighted by molar-refractivity contribution is 5.56. The first-order chi connectivity index (χ1) is 10.3. The van der Waals surface area contributed by atoms with Gasteiger partial charge in [-0.15, -0.1) is 0 Å². The van der Waals surface area contributed by atoms with Gasteiger partial charge in [-0.05, 0) is 18.2 Å². The van der Waals surface area contributed by atoms with E-state index in [0.717, 1.165) is 11.3 Å². The predicted molar refractivity (Wildman–Crippen MR) is 73.0 cm³/mol. The minimum atomic E-state index is -0.0652. The van der Waals surface area contributed by atoms with Crippen LogP contribution in [-0.2, 0) is 0 Å². The van der Waals surface area contributed by atoms with Crippen molar-refractivity contribution in [1.82, 2.24) is 15.1 Å². The summed E-state index contributed by atoms with van der Waals surface area (Å²) in [5.41, 5.74) is 1.32. The van der Waals surface area contributed by atoms with Gasteiger partial charge in [-0.2, -0.15) is 4.98 Å². The number of pyridine rings is 1. The summed E-state index contributed by atoms with van der Waals surface area (Å²) in [6, 6.07) is 10.9. The largest absolute Gasteiger partial charge is 0.505 e. The molecule has 4 rings (SSSR count). The van der Waals surface area contributed by atoms with Crippen molar-refractivity contribution in [3.05, 3.63) is 54.0 Å². The molecule has 2 aromatic heterocycles. The summed E-state index contributed by atoms with van der Waals surface area (Å²) in [5.74, 6) is 1.52. The lowest BCUT2D eigenvalue weighted by Gasteiger charge is -2.01. The topological polar surface area (TPSA) is 81.3 Å². The first-order valence-corrected chi connectivity index (χ1v) is 6.52. The Morgan fingerprint density at radius 2 is 2.05 bits per heavy atom. The van der Waals surface area contributed by atoms with Gasteiger partial charge in [0.05, 0.1) is 5.92 Å². The van der Waals surface area contributed by atoms with Gasteiger partial charge in [-0.1, -0.05) is 23.4 Å². The lowest BCUT2D eigenvalue weighted by Crippen LogP contribution is -2.04. The van der Waals surface area contributed by atoms with Crippen LogP contribution in [0.4, 0.5) is 0 Å². The molecule has 3 heterocycles. The Kier molecular flexibility index (Phi) is 2.60. The molecule has 0 bridgehead atoms. The summed E-state index contributed by atoms with van der Waals surface area (Å²) in [6.07, 6.45) is 1.56. The fraction of sp³-hybridized carbons (Fsp3) is 0.133. The number of nitrogens with zero attached hydrogens (tertiary/aromatic N) is 3. The van der Waals surface area contributed by atoms with Crippen molar-refractivity contribution in [1.29, 1.82) is 0 Å². The van der Waals surface area contributed by atoms with Crippen LogP contribution in [0.1, 0.15) is 17.3 Å². The van der Waals surface area contributed by atoms with Gasteiger partial charge >= 0.3 is 0 Å². The van der Waals surface area contributed by atoms with Crippen molar-refractivity contribution in [3.63, 3.8) is 0 Å². The standard InChI is InChI=1S/C15H11N3O3/c19-11-5-3-7-16-13(11)15-17-14(18-21-15)10-8-20-12-6-2-1-4-9(10)12/h1-7,10,19H,8H2. The maximum Gasteiger partial charge on any atom is 0.280 e. The van der Waals surface area contributed by atoms with Gasteiger partial charge in [0.2, 0.25) is 0 Å². The molecule has 1 aliphatic heterocycles. The number of ether oxygens (including phenoxy) is 1. The van der Waals surface area contributed by atoms with Crippen LogP contribution < -0.4 is 4.74 Å². The zero-order valence-corrected chi connectivity index (χ0v) is 10.9. The minimum Gasteiger partial charge on any atom is -0.505 e. The third-order valence-electron chi connectivity index (χ3n) is 3.44. The molecule has 104 valence electrons. The molecule has 21 heavy (non-hydrogen) atoms. The van der Waals surface area contributed by atoms with Crippen molar-refractivity contribution < 1.29 is 14.4 Å². The molecule has 1 aromatic carbocycles. The van der Waals surface area contributed by atoms with Crippen LogP contribution in [0.15, 0.2) is 47.1 Å². The number of hydrogen-bond acceptors (Lipinski definition) is 6. The van der Waals surface area contributed by atoms with Gasteiger partial charge in [0, 0.05) is 11.8 Å². The van der Waals surface area contributed by atoms with E-state index in [4.69, 9.17) is 9.26 Å². The highest BCUT2D eigenvalue weighted by atomic mass is 16.5. The molecule has 1 atom stereocenters. The Hall–Kier alpha value is -2.89. The molecule has 1 N–H and O–H groups in total. The summed E-state index contributed by atoms with van der Waals surface area (Å²) >= 11 is 0. The second-order valence-electron chi connectivity index (χ2n) is 4.73. The summed E-state index contributed by atoms with van der Waals surface area (Å²) in [7, 11) is 0. The smallest absolute Gasteiger partial charge is 0.280 e. The molecular formula is C15H11N3O3. The first-order valence-electron chi connectivity index (χ1n) is 6.52. The molecule has 1 unspecified atom stereocenters. The van der Waals surface area contributed by atoms with E-state index in [1.807, 2.05) is 24.3 Å². The molecule has 0 spiro atoms. The third-order valence-corrected chi connectivity index (χ3v) is 3.44. The molecule has 0 radical (unpaired) electrons. The molecule has 3 aromatic rings. The normalized spacial score (nSPS) is 16.5. The van der Waals surface area contributed by atoms with Crippen LogP contribution in [0.5, 0.6) is 11.5 Å².